The van der Waals surface area contributed by atoms with Gasteiger partial charge >= 0.3 is 0 Å². The average molecular weight is 269 g/mol. The van der Waals surface area contributed by atoms with Gasteiger partial charge in [0.1, 0.15) is 5.69 Å². The van der Waals surface area contributed by atoms with Crippen LogP contribution in [0.4, 0.5) is 0 Å². The molecule has 4 heteroatoms. The van der Waals surface area contributed by atoms with Crippen molar-refractivity contribution in [3.8, 4) is 0 Å². The maximum atomic E-state index is 11.9. The Morgan fingerprint density at radius 2 is 2.10 bits per heavy atom. The summed E-state index contributed by atoms with van der Waals surface area (Å²) in [5.74, 6) is 0.275. The van der Waals surface area contributed by atoms with Crippen molar-refractivity contribution in [3.63, 3.8) is 0 Å². The number of benzene rings is 1. The van der Waals surface area contributed by atoms with Gasteiger partial charge in [-0.3, -0.25) is 9.78 Å². The number of carbonyl (C=O) groups is 1. The van der Waals surface area contributed by atoms with Gasteiger partial charge in [-0.1, -0.05) is 32.0 Å². The molecule has 0 spiro atoms. The largest absolute Gasteiger partial charge is 0.347 e. The van der Waals surface area contributed by atoms with Crippen LogP contribution >= 0.6 is 0 Å². The van der Waals surface area contributed by atoms with E-state index in [1.165, 1.54) is 23.5 Å². The molecule has 4 nitrogen and oxygen atoms in total. The van der Waals surface area contributed by atoms with Crippen LogP contribution in [-0.2, 0) is 6.54 Å². The van der Waals surface area contributed by atoms with Crippen LogP contribution in [0.15, 0.2) is 36.8 Å². The Labute approximate surface area is 119 Å². The number of nitrogens with one attached hydrogen (secondary N) is 1. The van der Waals surface area contributed by atoms with Crippen LogP contribution in [0.5, 0.6) is 0 Å². The molecule has 1 amide bonds. The molecule has 104 valence electrons. The van der Waals surface area contributed by atoms with Crippen LogP contribution in [-0.4, -0.2) is 15.9 Å². The van der Waals surface area contributed by atoms with Gasteiger partial charge in [0.25, 0.3) is 5.91 Å². The minimum atomic E-state index is -0.201. The van der Waals surface area contributed by atoms with E-state index in [1.807, 2.05) is 6.92 Å². The zero-order valence-electron chi connectivity index (χ0n) is 12.1. The number of aryl methyl sites for hydroxylation is 1. The fourth-order valence-electron chi connectivity index (χ4n) is 1.92. The molecule has 0 saturated heterocycles. The Balaban J connectivity index is 2.07. The molecule has 0 aliphatic carbocycles. The third-order valence-electron chi connectivity index (χ3n) is 3.28. The number of carbonyl (C=O) groups excluding carboxylic acids is 1. The van der Waals surface area contributed by atoms with Gasteiger partial charge in [-0.25, -0.2) is 4.98 Å². The van der Waals surface area contributed by atoms with Crippen molar-refractivity contribution in [1.29, 1.82) is 0 Å². The fraction of sp³-hybridized carbons (Fsp3) is 0.312. The lowest BCUT2D eigenvalue weighted by molar-refractivity contribution is 0.0945. The fourth-order valence-corrected chi connectivity index (χ4v) is 1.92. The average Bonchev–Trinajstić information content (AvgIpc) is 2.46. The van der Waals surface area contributed by atoms with Crippen molar-refractivity contribution in [3.05, 3.63) is 59.2 Å². The molecule has 0 bridgehead atoms. The first-order valence-corrected chi connectivity index (χ1v) is 6.71. The van der Waals surface area contributed by atoms with E-state index in [2.05, 4.69) is 47.3 Å². The Kier molecular flexibility index (Phi) is 4.45. The number of aromatic nitrogens is 2. The predicted molar refractivity (Wildman–Crippen MR) is 78.5 cm³/mol. The monoisotopic (exact) mass is 269 g/mol. The highest BCUT2D eigenvalue weighted by Gasteiger charge is 2.08. The first-order valence-electron chi connectivity index (χ1n) is 6.71. The Bertz CT molecular complexity index is 594. The first-order chi connectivity index (χ1) is 9.58. The first kappa shape index (κ1) is 14.2. The number of rotatable bonds is 4. The SMILES string of the molecule is Cc1ccc(C(C)C)cc1CNC(=O)c1cnccn1. The molecule has 2 aromatic rings. The summed E-state index contributed by atoms with van der Waals surface area (Å²) in [4.78, 5) is 19.8. The van der Waals surface area contributed by atoms with E-state index in [0.717, 1.165) is 5.56 Å². The lowest BCUT2D eigenvalue weighted by Crippen LogP contribution is -2.24. The van der Waals surface area contributed by atoms with Gasteiger partial charge in [-0.15, -0.1) is 0 Å². The molecule has 1 heterocycles. The molecular weight excluding hydrogens is 250 g/mol. The number of hydrogen-bond acceptors (Lipinski definition) is 3. The highest BCUT2D eigenvalue weighted by Crippen LogP contribution is 2.18. The van der Waals surface area contributed by atoms with Crippen molar-refractivity contribution >= 4 is 5.91 Å². The van der Waals surface area contributed by atoms with E-state index in [1.54, 1.807) is 6.20 Å². The van der Waals surface area contributed by atoms with Gasteiger partial charge in [0.05, 0.1) is 6.20 Å². The summed E-state index contributed by atoms with van der Waals surface area (Å²) < 4.78 is 0. The summed E-state index contributed by atoms with van der Waals surface area (Å²) in [5.41, 5.74) is 3.92. The quantitative estimate of drug-likeness (QED) is 0.928. The van der Waals surface area contributed by atoms with Crippen molar-refractivity contribution in [2.75, 3.05) is 0 Å². The van der Waals surface area contributed by atoms with E-state index in [-0.39, 0.29) is 5.91 Å². The molecule has 0 unspecified atom stereocenters. The minimum absolute atomic E-state index is 0.201. The molecule has 20 heavy (non-hydrogen) atoms. The van der Waals surface area contributed by atoms with Crippen molar-refractivity contribution < 1.29 is 4.79 Å². The van der Waals surface area contributed by atoms with Crippen LogP contribution in [0.3, 0.4) is 0 Å². The van der Waals surface area contributed by atoms with Crippen molar-refractivity contribution in [1.82, 2.24) is 15.3 Å². The summed E-state index contributed by atoms with van der Waals surface area (Å²) >= 11 is 0. The van der Waals surface area contributed by atoms with Gasteiger partial charge in [-0.2, -0.15) is 0 Å². The Hall–Kier alpha value is -2.23. The Morgan fingerprint density at radius 1 is 1.30 bits per heavy atom. The molecular formula is C16H19N3O. The second-order valence-corrected chi connectivity index (χ2v) is 5.11. The highest BCUT2D eigenvalue weighted by atomic mass is 16.1. The lowest BCUT2D eigenvalue weighted by atomic mass is 9.98. The van der Waals surface area contributed by atoms with Crippen molar-refractivity contribution in [2.45, 2.75) is 33.2 Å². The second kappa shape index (κ2) is 6.28. The summed E-state index contributed by atoms with van der Waals surface area (Å²) in [6.45, 7) is 6.87. The van der Waals surface area contributed by atoms with E-state index < -0.39 is 0 Å². The molecule has 1 aromatic carbocycles. The van der Waals surface area contributed by atoms with E-state index in [4.69, 9.17) is 0 Å². The summed E-state index contributed by atoms with van der Waals surface area (Å²) in [6, 6.07) is 6.38. The minimum Gasteiger partial charge on any atom is -0.347 e. The molecule has 0 saturated carbocycles. The van der Waals surface area contributed by atoms with Crippen LogP contribution in [0, 0.1) is 6.92 Å². The van der Waals surface area contributed by atoms with Crippen LogP contribution < -0.4 is 5.32 Å². The molecule has 1 N–H and O–H groups in total. The highest BCUT2D eigenvalue weighted by molar-refractivity contribution is 5.91. The molecule has 2 rings (SSSR count). The molecule has 0 atom stereocenters. The normalized spacial score (nSPS) is 10.6. The molecule has 1 aromatic heterocycles. The third kappa shape index (κ3) is 3.41. The van der Waals surface area contributed by atoms with Crippen LogP contribution in [0.2, 0.25) is 0 Å². The van der Waals surface area contributed by atoms with Gasteiger partial charge in [0.2, 0.25) is 0 Å². The number of nitrogens with zero attached hydrogens (tertiary/aromatic N) is 2. The van der Waals surface area contributed by atoms with Gasteiger partial charge in [0, 0.05) is 18.9 Å². The maximum absolute atomic E-state index is 11.9. The summed E-state index contributed by atoms with van der Waals surface area (Å²) in [5, 5.41) is 2.88. The Morgan fingerprint density at radius 3 is 2.75 bits per heavy atom. The van der Waals surface area contributed by atoms with Gasteiger partial charge < -0.3 is 5.32 Å². The standard InChI is InChI=1S/C16H19N3O/c1-11(2)13-5-4-12(3)14(8-13)9-19-16(20)15-10-17-6-7-18-15/h4-8,10-11H,9H2,1-3H3,(H,19,20). The zero-order valence-corrected chi connectivity index (χ0v) is 12.1. The molecule has 0 aliphatic rings. The van der Waals surface area contributed by atoms with Gasteiger partial charge in [-0.05, 0) is 29.5 Å². The number of hydrogen-bond donors (Lipinski definition) is 1. The van der Waals surface area contributed by atoms with Gasteiger partial charge in [0.15, 0.2) is 0 Å². The third-order valence-corrected chi connectivity index (χ3v) is 3.28. The van der Waals surface area contributed by atoms with E-state index in [0.29, 0.717) is 18.2 Å². The molecule has 0 aliphatic heterocycles. The summed E-state index contributed by atoms with van der Waals surface area (Å²) in [6.07, 6.45) is 4.53. The lowest BCUT2D eigenvalue weighted by Gasteiger charge is -2.12. The van der Waals surface area contributed by atoms with Crippen LogP contribution in [0.1, 0.15) is 46.9 Å². The second-order valence-electron chi connectivity index (χ2n) is 5.11. The van der Waals surface area contributed by atoms with Crippen LogP contribution in [0.25, 0.3) is 0 Å². The van der Waals surface area contributed by atoms with E-state index >= 15 is 0 Å². The molecule has 0 radical (unpaired) electrons. The zero-order chi connectivity index (χ0) is 14.5. The summed E-state index contributed by atoms with van der Waals surface area (Å²) in [7, 11) is 0. The predicted octanol–water partition coefficient (Wildman–Crippen LogP) is 2.84. The maximum Gasteiger partial charge on any atom is 0.271 e. The molecule has 0 fully saturated rings. The topological polar surface area (TPSA) is 54.9 Å². The van der Waals surface area contributed by atoms with Crippen molar-refractivity contribution in [2.24, 2.45) is 0 Å². The number of amides is 1. The van der Waals surface area contributed by atoms with E-state index in [9.17, 15) is 4.79 Å². The smallest absolute Gasteiger partial charge is 0.271 e.